The fourth-order valence-electron chi connectivity index (χ4n) is 2.07. The van der Waals surface area contributed by atoms with Crippen LogP contribution in [-0.4, -0.2) is 4.98 Å². The van der Waals surface area contributed by atoms with Gasteiger partial charge in [0.05, 0.1) is 17.4 Å². The van der Waals surface area contributed by atoms with Gasteiger partial charge in [0.15, 0.2) is 0 Å². The van der Waals surface area contributed by atoms with Crippen molar-refractivity contribution >= 4 is 27.5 Å². The smallest absolute Gasteiger partial charge is 0.141 e. The molecule has 1 aromatic carbocycles. The number of nitrogens with zero attached hydrogens (tertiary/aromatic N) is 1. The van der Waals surface area contributed by atoms with Crippen LogP contribution in [-0.2, 0) is 12.0 Å². The maximum atomic E-state index is 13.0. The van der Waals surface area contributed by atoms with Gasteiger partial charge in [0, 0.05) is 9.50 Å². The van der Waals surface area contributed by atoms with Gasteiger partial charge < -0.3 is 5.73 Å². The Bertz CT molecular complexity index is 603. The van der Waals surface area contributed by atoms with Gasteiger partial charge in [-0.25, -0.2) is 4.39 Å². The average molecular weight is 358 g/mol. The monoisotopic (exact) mass is 356 g/mol. The summed E-state index contributed by atoms with van der Waals surface area (Å²) >= 11 is 9.62. The average Bonchev–Trinajstić information content (AvgIpc) is 2.42. The molecule has 2 N–H and O–H groups in total. The van der Waals surface area contributed by atoms with Crippen molar-refractivity contribution in [3.63, 3.8) is 0 Å². The first-order valence-electron chi connectivity index (χ1n) is 6.29. The minimum absolute atomic E-state index is 0.367. The van der Waals surface area contributed by atoms with Crippen LogP contribution in [0.4, 0.5) is 4.39 Å². The van der Waals surface area contributed by atoms with E-state index in [9.17, 15) is 4.39 Å². The molecule has 0 aliphatic rings. The Morgan fingerprint density at radius 1 is 1.35 bits per heavy atom. The normalized spacial score (nSPS) is 14.1. The molecule has 0 spiro atoms. The quantitative estimate of drug-likeness (QED) is 0.878. The highest BCUT2D eigenvalue weighted by molar-refractivity contribution is 9.10. The molecule has 1 aromatic heterocycles. The third-order valence-corrected chi connectivity index (χ3v) is 4.23. The molecule has 0 saturated carbocycles. The van der Waals surface area contributed by atoms with Crippen molar-refractivity contribution in [2.75, 3.05) is 0 Å². The summed E-state index contributed by atoms with van der Waals surface area (Å²) in [5.74, 6) is -0.367. The molecule has 1 atom stereocenters. The Hall–Kier alpha value is -0.970. The van der Waals surface area contributed by atoms with Gasteiger partial charge in [-0.15, -0.1) is 0 Å². The van der Waals surface area contributed by atoms with Crippen LogP contribution < -0.4 is 5.73 Å². The van der Waals surface area contributed by atoms with Crippen LogP contribution in [0.3, 0.4) is 0 Å². The lowest BCUT2D eigenvalue weighted by molar-refractivity contribution is 0.411. The Balaban J connectivity index is 2.33. The molecule has 1 heterocycles. The first-order valence-corrected chi connectivity index (χ1v) is 7.46. The highest BCUT2D eigenvalue weighted by Gasteiger charge is 2.28. The van der Waals surface area contributed by atoms with E-state index in [0.717, 1.165) is 10.0 Å². The van der Waals surface area contributed by atoms with Crippen LogP contribution in [0.5, 0.6) is 0 Å². The first-order chi connectivity index (χ1) is 9.44. The zero-order valence-electron chi connectivity index (χ0n) is 11.0. The van der Waals surface area contributed by atoms with Crippen molar-refractivity contribution in [1.29, 1.82) is 0 Å². The molecule has 2 aromatic rings. The summed E-state index contributed by atoms with van der Waals surface area (Å²) in [5.41, 5.74) is 7.41. The highest BCUT2D eigenvalue weighted by atomic mass is 79.9. The van der Waals surface area contributed by atoms with Gasteiger partial charge in [-0.3, -0.25) is 4.98 Å². The van der Waals surface area contributed by atoms with Crippen LogP contribution in [0.1, 0.15) is 24.6 Å². The highest BCUT2D eigenvalue weighted by Crippen LogP contribution is 2.30. The minimum Gasteiger partial charge on any atom is -0.320 e. The summed E-state index contributed by atoms with van der Waals surface area (Å²) < 4.78 is 13.9. The molecule has 106 valence electrons. The lowest BCUT2D eigenvalue weighted by atomic mass is 9.85. The second-order valence-corrected chi connectivity index (χ2v) is 6.11. The van der Waals surface area contributed by atoms with E-state index in [1.807, 2.05) is 25.1 Å². The standard InChI is InChI=1S/C15H15BrClFN2/c1-2-15(19,14-6-5-12(18)9-20-14)8-10-3-4-11(16)7-13(10)17/h3-7,9H,2,8,19H2,1H3. The van der Waals surface area contributed by atoms with Crippen molar-refractivity contribution < 1.29 is 4.39 Å². The molecular weight excluding hydrogens is 343 g/mol. The summed E-state index contributed by atoms with van der Waals surface area (Å²) in [7, 11) is 0. The fraction of sp³-hybridized carbons (Fsp3) is 0.267. The Morgan fingerprint density at radius 3 is 2.65 bits per heavy atom. The van der Waals surface area contributed by atoms with E-state index in [4.69, 9.17) is 17.3 Å². The Labute approximate surface area is 131 Å². The number of pyridine rings is 1. The Kier molecular flexibility index (Phi) is 4.78. The van der Waals surface area contributed by atoms with E-state index in [-0.39, 0.29) is 5.82 Å². The number of hydrogen-bond donors (Lipinski definition) is 1. The molecule has 0 amide bonds. The van der Waals surface area contributed by atoms with Gasteiger partial charge in [-0.05, 0) is 42.7 Å². The number of aromatic nitrogens is 1. The zero-order chi connectivity index (χ0) is 14.8. The van der Waals surface area contributed by atoms with E-state index < -0.39 is 5.54 Å². The summed E-state index contributed by atoms with van der Waals surface area (Å²) in [6, 6.07) is 8.71. The molecule has 2 nitrogen and oxygen atoms in total. The topological polar surface area (TPSA) is 38.9 Å². The molecule has 20 heavy (non-hydrogen) atoms. The maximum Gasteiger partial charge on any atom is 0.141 e. The molecule has 0 radical (unpaired) electrons. The summed E-state index contributed by atoms with van der Waals surface area (Å²) in [4.78, 5) is 4.11. The van der Waals surface area contributed by atoms with Crippen molar-refractivity contribution in [2.24, 2.45) is 5.73 Å². The number of halogens is 3. The van der Waals surface area contributed by atoms with Gasteiger partial charge in [0.2, 0.25) is 0 Å². The van der Waals surface area contributed by atoms with E-state index in [2.05, 4.69) is 20.9 Å². The predicted octanol–water partition coefficient (Wildman–Crippen LogP) is 4.44. The van der Waals surface area contributed by atoms with Crippen molar-refractivity contribution in [2.45, 2.75) is 25.3 Å². The lowest BCUT2D eigenvalue weighted by Gasteiger charge is -2.28. The first kappa shape index (κ1) is 15.4. The van der Waals surface area contributed by atoms with E-state index in [1.165, 1.54) is 12.3 Å². The Morgan fingerprint density at radius 2 is 2.10 bits per heavy atom. The number of benzene rings is 1. The largest absolute Gasteiger partial charge is 0.320 e. The molecule has 0 bridgehead atoms. The SMILES string of the molecule is CCC(N)(Cc1ccc(Br)cc1Cl)c1ccc(F)cn1. The third kappa shape index (κ3) is 3.37. The van der Waals surface area contributed by atoms with Crippen molar-refractivity contribution in [3.05, 3.63) is 63.1 Å². The molecule has 0 saturated heterocycles. The van der Waals surface area contributed by atoms with E-state index in [0.29, 0.717) is 23.6 Å². The second-order valence-electron chi connectivity index (χ2n) is 4.78. The molecule has 2 rings (SSSR count). The third-order valence-electron chi connectivity index (χ3n) is 3.39. The van der Waals surface area contributed by atoms with Crippen molar-refractivity contribution in [1.82, 2.24) is 4.98 Å². The maximum absolute atomic E-state index is 13.0. The fourth-order valence-corrected chi connectivity index (χ4v) is 2.81. The summed E-state index contributed by atoms with van der Waals surface area (Å²) in [6.45, 7) is 1.98. The minimum atomic E-state index is -0.662. The van der Waals surface area contributed by atoms with Gasteiger partial charge in [-0.2, -0.15) is 0 Å². The van der Waals surface area contributed by atoms with Crippen LogP contribution in [0.2, 0.25) is 5.02 Å². The molecule has 0 fully saturated rings. The van der Waals surface area contributed by atoms with Crippen LogP contribution >= 0.6 is 27.5 Å². The molecule has 1 unspecified atom stereocenters. The van der Waals surface area contributed by atoms with Crippen LogP contribution in [0.15, 0.2) is 41.0 Å². The zero-order valence-corrected chi connectivity index (χ0v) is 13.4. The van der Waals surface area contributed by atoms with Gasteiger partial charge >= 0.3 is 0 Å². The number of rotatable bonds is 4. The van der Waals surface area contributed by atoms with E-state index in [1.54, 1.807) is 6.07 Å². The van der Waals surface area contributed by atoms with Crippen LogP contribution in [0, 0.1) is 5.82 Å². The second kappa shape index (κ2) is 6.20. The van der Waals surface area contributed by atoms with Crippen LogP contribution in [0.25, 0.3) is 0 Å². The number of hydrogen-bond acceptors (Lipinski definition) is 2. The molecule has 0 aliphatic carbocycles. The molecular formula is C15H15BrClFN2. The van der Waals surface area contributed by atoms with E-state index >= 15 is 0 Å². The lowest BCUT2D eigenvalue weighted by Crippen LogP contribution is -2.39. The van der Waals surface area contributed by atoms with Gasteiger partial charge in [-0.1, -0.05) is 40.5 Å². The van der Waals surface area contributed by atoms with Gasteiger partial charge in [0.1, 0.15) is 5.82 Å². The van der Waals surface area contributed by atoms with Crippen molar-refractivity contribution in [3.8, 4) is 0 Å². The molecule has 5 heteroatoms. The number of nitrogens with two attached hydrogens (primary N) is 1. The molecule has 0 aliphatic heterocycles. The summed E-state index contributed by atoms with van der Waals surface area (Å²) in [6.07, 6.45) is 2.42. The van der Waals surface area contributed by atoms with Gasteiger partial charge in [0.25, 0.3) is 0 Å². The summed E-state index contributed by atoms with van der Waals surface area (Å²) in [5, 5.41) is 0.657. The predicted molar refractivity (Wildman–Crippen MR) is 83.2 cm³/mol.